The minimum atomic E-state index is -0.546. The highest BCUT2D eigenvalue weighted by Gasteiger charge is 2.37. The monoisotopic (exact) mass is 271 g/mol. The number of ether oxygens (including phenoxy) is 1. The van der Waals surface area contributed by atoms with Crippen LogP contribution < -0.4 is 10.9 Å². The Kier molecular flexibility index (Phi) is 3.30. The van der Waals surface area contributed by atoms with Crippen molar-refractivity contribution < 1.29 is 9.53 Å². The lowest BCUT2D eigenvalue weighted by Gasteiger charge is -2.14. The summed E-state index contributed by atoms with van der Waals surface area (Å²) in [6.45, 7) is 1.80. The van der Waals surface area contributed by atoms with E-state index in [0.717, 1.165) is 17.5 Å². The third-order valence-electron chi connectivity index (χ3n) is 2.93. The van der Waals surface area contributed by atoms with E-state index in [2.05, 4.69) is 15.2 Å². The lowest BCUT2D eigenvalue weighted by atomic mass is 10.3. The molecule has 0 spiro atoms. The van der Waals surface area contributed by atoms with E-state index >= 15 is 0 Å². The molecule has 18 heavy (non-hydrogen) atoms. The van der Waals surface area contributed by atoms with E-state index in [1.807, 2.05) is 6.92 Å². The molecule has 0 saturated heterocycles. The van der Waals surface area contributed by atoms with Gasteiger partial charge in [-0.2, -0.15) is 5.10 Å². The van der Waals surface area contributed by atoms with Gasteiger partial charge in [-0.05, 0) is 19.8 Å². The number of methoxy groups -OCH3 is 1. The van der Waals surface area contributed by atoms with Crippen molar-refractivity contribution in [3.63, 3.8) is 0 Å². The number of rotatable bonds is 4. The van der Waals surface area contributed by atoms with Gasteiger partial charge in [-0.25, -0.2) is 4.68 Å². The molecule has 0 atom stereocenters. The van der Waals surface area contributed by atoms with Crippen molar-refractivity contribution in [3.8, 4) is 0 Å². The Morgan fingerprint density at radius 2 is 2.33 bits per heavy atom. The molecule has 1 aliphatic rings. The number of carbonyl (C=O) groups excluding carboxylic acids is 1. The number of anilines is 1. The van der Waals surface area contributed by atoms with Gasteiger partial charge >= 0.3 is 5.97 Å². The quantitative estimate of drug-likeness (QED) is 0.828. The van der Waals surface area contributed by atoms with Crippen LogP contribution in [0.2, 0.25) is 5.02 Å². The van der Waals surface area contributed by atoms with E-state index in [-0.39, 0.29) is 17.1 Å². The lowest BCUT2D eigenvalue weighted by Crippen LogP contribution is -2.29. The number of hydrogen-bond donors (Lipinski definition) is 1. The van der Waals surface area contributed by atoms with Crippen LogP contribution in [0.1, 0.15) is 19.8 Å². The largest absolute Gasteiger partial charge is 0.468 e. The maximum Gasteiger partial charge on any atom is 0.327 e. The summed E-state index contributed by atoms with van der Waals surface area (Å²) in [5.74, 6) is -0.546. The summed E-state index contributed by atoms with van der Waals surface area (Å²) < 4.78 is 5.45. The fourth-order valence-electron chi connectivity index (χ4n) is 1.49. The van der Waals surface area contributed by atoms with E-state index in [1.165, 1.54) is 13.3 Å². The second-order valence-electron chi connectivity index (χ2n) is 4.60. The van der Waals surface area contributed by atoms with E-state index in [0.29, 0.717) is 5.69 Å². The van der Waals surface area contributed by atoms with Crippen LogP contribution in [0.3, 0.4) is 0 Å². The average Bonchev–Trinajstić information content (AvgIpc) is 3.06. The number of carbonyl (C=O) groups is 1. The van der Waals surface area contributed by atoms with Gasteiger partial charge < -0.3 is 10.1 Å². The first-order valence-electron chi connectivity index (χ1n) is 5.56. The van der Waals surface area contributed by atoms with Gasteiger partial charge in [0.25, 0.3) is 5.56 Å². The van der Waals surface area contributed by atoms with Crippen molar-refractivity contribution in [2.75, 3.05) is 12.4 Å². The van der Waals surface area contributed by atoms with Gasteiger partial charge in [-0.1, -0.05) is 11.6 Å². The highest BCUT2D eigenvalue weighted by molar-refractivity contribution is 6.33. The number of halogens is 1. The maximum atomic E-state index is 11.9. The molecule has 98 valence electrons. The second-order valence-corrected chi connectivity index (χ2v) is 4.97. The molecule has 0 aliphatic heterocycles. The first-order chi connectivity index (χ1) is 8.45. The van der Waals surface area contributed by atoms with Crippen LogP contribution in [0.5, 0.6) is 0 Å². The van der Waals surface area contributed by atoms with Gasteiger partial charge in [0.15, 0.2) is 0 Å². The van der Waals surface area contributed by atoms with E-state index in [4.69, 9.17) is 11.6 Å². The molecule has 1 aromatic rings. The zero-order chi connectivity index (χ0) is 13.3. The van der Waals surface area contributed by atoms with Crippen molar-refractivity contribution in [3.05, 3.63) is 21.6 Å². The van der Waals surface area contributed by atoms with E-state index in [9.17, 15) is 9.59 Å². The first-order valence-corrected chi connectivity index (χ1v) is 5.93. The number of aromatic nitrogens is 2. The Labute approximate surface area is 109 Å². The number of esters is 1. The molecular formula is C11H14ClN3O3. The normalized spacial score (nSPS) is 16.2. The Morgan fingerprint density at radius 1 is 1.67 bits per heavy atom. The molecule has 6 nitrogen and oxygen atoms in total. The van der Waals surface area contributed by atoms with E-state index in [1.54, 1.807) is 0 Å². The van der Waals surface area contributed by atoms with Crippen molar-refractivity contribution in [2.45, 2.75) is 31.8 Å². The SMILES string of the molecule is COC(=O)Cn1ncc(NC2(C)CC2)c(Cl)c1=O. The Bertz CT molecular complexity index is 537. The predicted octanol–water partition coefficient (Wildman–Crippen LogP) is 1.03. The van der Waals surface area contributed by atoms with Gasteiger partial charge in [-0.15, -0.1) is 0 Å². The molecule has 0 unspecified atom stereocenters. The minimum absolute atomic E-state index is 0.00624. The molecule has 1 heterocycles. The lowest BCUT2D eigenvalue weighted by molar-refractivity contribution is -0.141. The zero-order valence-corrected chi connectivity index (χ0v) is 11.0. The second kappa shape index (κ2) is 4.61. The summed E-state index contributed by atoms with van der Waals surface area (Å²) in [4.78, 5) is 23.0. The summed E-state index contributed by atoms with van der Waals surface area (Å²) in [5, 5.41) is 7.11. The third-order valence-corrected chi connectivity index (χ3v) is 3.29. The van der Waals surface area contributed by atoms with Crippen LogP contribution in [0.4, 0.5) is 5.69 Å². The van der Waals surface area contributed by atoms with Crippen LogP contribution in [-0.2, 0) is 16.1 Å². The smallest absolute Gasteiger partial charge is 0.327 e. The van der Waals surface area contributed by atoms with Crippen molar-refractivity contribution in [2.24, 2.45) is 0 Å². The fourth-order valence-corrected chi connectivity index (χ4v) is 1.68. The molecule has 1 saturated carbocycles. The Hall–Kier alpha value is -1.56. The summed E-state index contributed by atoms with van der Waals surface area (Å²) in [6.07, 6.45) is 3.53. The fraction of sp³-hybridized carbons (Fsp3) is 0.545. The van der Waals surface area contributed by atoms with Gasteiger partial charge in [0.05, 0.1) is 19.0 Å². The summed E-state index contributed by atoms with van der Waals surface area (Å²) in [5.41, 5.74) is 0.00541. The zero-order valence-electron chi connectivity index (χ0n) is 10.2. The highest BCUT2D eigenvalue weighted by atomic mass is 35.5. The van der Waals surface area contributed by atoms with Crippen LogP contribution in [-0.4, -0.2) is 28.4 Å². The number of nitrogens with one attached hydrogen (secondary N) is 1. The summed E-state index contributed by atoms with van der Waals surface area (Å²) in [7, 11) is 1.25. The van der Waals surface area contributed by atoms with Gasteiger partial charge in [0.2, 0.25) is 0 Å². The standard InChI is InChI=1S/C11H14ClN3O3/c1-11(3-4-11)14-7-5-13-15(6-8(16)18-2)10(17)9(7)12/h5,14H,3-4,6H2,1-2H3. The minimum Gasteiger partial charge on any atom is -0.468 e. The van der Waals surface area contributed by atoms with Crippen LogP contribution in [0.15, 0.2) is 11.0 Å². The number of nitrogens with zero attached hydrogens (tertiary/aromatic N) is 2. The van der Waals surface area contributed by atoms with Crippen LogP contribution in [0, 0.1) is 0 Å². The molecular weight excluding hydrogens is 258 g/mol. The van der Waals surface area contributed by atoms with Gasteiger partial charge in [-0.3, -0.25) is 9.59 Å². The van der Waals surface area contributed by atoms with Crippen LogP contribution in [0.25, 0.3) is 0 Å². The molecule has 0 radical (unpaired) electrons. The summed E-state index contributed by atoms with van der Waals surface area (Å²) >= 11 is 5.97. The topological polar surface area (TPSA) is 73.2 Å². The molecule has 1 aliphatic carbocycles. The third kappa shape index (κ3) is 2.64. The van der Waals surface area contributed by atoms with Crippen molar-refractivity contribution in [1.29, 1.82) is 0 Å². The van der Waals surface area contributed by atoms with Crippen molar-refractivity contribution in [1.82, 2.24) is 9.78 Å². The summed E-state index contributed by atoms with van der Waals surface area (Å²) in [6, 6.07) is 0. The first kappa shape index (κ1) is 12.9. The Morgan fingerprint density at radius 3 is 2.89 bits per heavy atom. The van der Waals surface area contributed by atoms with Gasteiger partial charge in [0, 0.05) is 5.54 Å². The van der Waals surface area contributed by atoms with Crippen molar-refractivity contribution >= 4 is 23.3 Å². The Balaban J connectivity index is 2.24. The molecule has 1 aromatic heterocycles. The van der Waals surface area contributed by atoms with E-state index < -0.39 is 11.5 Å². The maximum absolute atomic E-state index is 11.9. The molecule has 0 amide bonds. The average molecular weight is 272 g/mol. The van der Waals surface area contributed by atoms with Crippen LogP contribution >= 0.6 is 11.6 Å². The molecule has 7 heteroatoms. The molecule has 1 fully saturated rings. The molecule has 0 bridgehead atoms. The molecule has 1 N–H and O–H groups in total. The predicted molar refractivity (Wildman–Crippen MR) is 66.8 cm³/mol. The van der Waals surface area contributed by atoms with Gasteiger partial charge in [0.1, 0.15) is 11.6 Å². The molecule has 2 rings (SSSR count). The molecule has 0 aromatic carbocycles. The number of hydrogen-bond acceptors (Lipinski definition) is 5. The highest BCUT2D eigenvalue weighted by Crippen LogP contribution is 2.38.